The molecule has 2 aromatic rings. The fraction of sp³-hybridized carbons (Fsp3) is 0.519. The highest BCUT2D eigenvalue weighted by Gasteiger charge is 2.46. The van der Waals surface area contributed by atoms with Crippen LogP contribution in [0.4, 0.5) is 0 Å². The molecule has 5 heteroatoms. The van der Waals surface area contributed by atoms with Gasteiger partial charge in [0.05, 0.1) is 23.8 Å². The van der Waals surface area contributed by atoms with Crippen molar-refractivity contribution in [2.75, 3.05) is 26.2 Å². The molecule has 1 N–H and O–H groups in total. The fourth-order valence-electron chi connectivity index (χ4n) is 5.61. The molecule has 0 aromatic heterocycles. The molecule has 4 rings (SSSR count). The van der Waals surface area contributed by atoms with Gasteiger partial charge < -0.3 is 14.7 Å². The van der Waals surface area contributed by atoms with Crippen LogP contribution in [-0.4, -0.2) is 36.2 Å². The third kappa shape index (κ3) is 5.29. The first kappa shape index (κ1) is 23.1. The van der Waals surface area contributed by atoms with Crippen molar-refractivity contribution in [3.05, 3.63) is 64.7 Å². The molecule has 4 nitrogen and oxygen atoms in total. The average molecular weight is 453 g/mol. The lowest BCUT2D eigenvalue weighted by Crippen LogP contribution is -2.47. The van der Waals surface area contributed by atoms with Gasteiger partial charge in [0, 0.05) is 11.6 Å². The number of nitrogens with zero attached hydrogens (tertiary/aromatic N) is 2. The summed E-state index contributed by atoms with van der Waals surface area (Å²) in [5.41, 5.74) is 0.883. The highest BCUT2D eigenvalue weighted by Crippen LogP contribution is 2.48. The lowest BCUT2D eigenvalue weighted by atomic mass is 9.68. The molecule has 2 aliphatic rings. The monoisotopic (exact) mass is 452 g/mol. The zero-order chi connectivity index (χ0) is 22.4. The Morgan fingerprint density at radius 1 is 1.03 bits per heavy atom. The van der Waals surface area contributed by atoms with Crippen LogP contribution < -0.4 is 4.74 Å². The Kier molecular flexibility index (Phi) is 7.73. The van der Waals surface area contributed by atoms with Crippen molar-refractivity contribution in [1.82, 2.24) is 4.90 Å². The number of benzene rings is 2. The van der Waals surface area contributed by atoms with Crippen molar-refractivity contribution in [3.8, 4) is 11.8 Å². The van der Waals surface area contributed by atoms with Crippen LogP contribution in [0.25, 0.3) is 0 Å². The quantitative estimate of drug-likeness (QED) is 0.516. The Morgan fingerprint density at radius 3 is 2.38 bits per heavy atom. The first-order valence-electron chi connectivity index (χ1n) is 11.9. The molecule has 1 unspecified atom stereocenters. The summed E-state index contributed by atoms with van der Waals surface area (Å²) in [5.74, 6) is 1.42. The highest BCUT2D eigenvalue weighted by molar-refractivity contribution is 6.30. The van der Waals surface area contributed by atoms with E-state index in [0.29, 0.717) is 23.1 Å². The molecule has 0 spiro atoms. The molecular formula is C27H33ClN2O2. The van der Waals surface area contributed by atoms with E-state index in [4.69, 9.17) is 21.6 Å². The Morgan fingerprint density at radius 2 is 1.72 bits per heavy atom. The molecular weight excluding hydrogens is 420 g/mol. The predicted molar refractivity (Wildman–Crippen MR) is 128 cm³/mol. The summed E-state index contributed by atoms with van der Waals surface area (Å²) in [6.07, 6.45) is 7.63. The largest absolute Gasteiger partial charge is 0.494 e. The second-order valence-electron chi connectivity index (χ2n) is 9.27. The second-order valence-corrected chi connectivity index (χ2v) is 9.71. The molecule has 2 aromatic carbocycles. The Balaban J connectivity index is 1.29. The summed E-state index contributed by atoms with van der Waals surface area (Å²) in [6.45, 7) is 3.69. The van der Waals surface area contributed by atoms with Crippen LogP contribution in [0.2, 0.25) is 5.02 Å². The van der Waals surface area contributed by atoms with E-state index in [1.807, 2.05) is 30.3 Å². The fourth-order valence-corrected chi connectivity index (χ4v) is 5.80. The highest BCUT2D eigenvalue weighted by atomic mass is 35.5. The molecule has 1 aliphatic carbocycles. The van der Waals surface area contributed by atoms with Gasteiger partial charge in [-0.2, -0.15) is 5.26 Å². The van der Waals surface area contributed by atoms with Gasteiger partial charge in [0.15, 0.2) is 0 Å². The first-order chi connectivity index (χ1) is 15.6. The van der Waals surface area contributed by atoms with Crippen LogP contribution in [-0.2, 0) is 5.60 Å². The number of aliphatic hydroxyl groups is 1. The van der Waals surface area contributed by atoms with E-state index in [1.54, 1.807) is 12.1 Å². The number of piperidine rings is 1. The van der Waals surface area contributed by atoms with Gasteiger partial charge in [0.2, 0.25) is 0 Å². The summed E-state index contributed by atoms with van der Waals surface area (Å²) < 4.78 is 5.82. The van der Waals surface area contributed by atoms with Crippen molar-refractivity contribution in [2.24, 2.45) is 11.8 Å². The SMILES string of the molecule is N#Cc1ccc(OCCCN2CCC(C(O)(c3cccc(Cl)c3)C3CCCC3)CC2)cc1. The molecule has 1 aliphatic heterocycles. The van der Waals surface area contributed by atoms with Crippen molar-refractivity contribution in [1.29, 1.82) is 5.26 Å². The van der Waals surface area contributed by atoms with E-state index in [2.05, 4.69) is 17.0 Å². The standard InChI is InChI=1S/C27H33ClN2O2/c28-25-8-3-7-24(19-25)27(31,22-5-1-2-6-22)23-13-16-30(17-14-23)15-4-18-32-26-11-9-21(20-29)10-12-26/h3,7-12,19,22-23,31H,1-2,4-6,13-18H2. The number of likely N-dealkylation sites (tertiary alicyclic amines) is 1. The maximum Gasteiger partial charge on any atom is 0.119 e. The molecule has 0 bridgehead atoms. The van der Waals surface area contributed by atoms with Crippen LogP contribution in [0.3, 0.4) is 0 Å². The molecule has 2 fully saturated rings. The number of halogens is 1. The van der Waals surface area contributed by atoms with Gasteiger partial charge >= 0.3 is 0 Å². The van der Waals surface area contributed by atoms with Gasteiger partial charge in [-0.1, -0.05) is 36.6 Å². The minimum absolute atomic E-state index is 0.273. The zero-order valence-electron chi connectivity index (χ0n) is 18.7. The van der Waals surface area contributed by atoms with Crippen LogP contribution in [0.1, 0.15) is 56.1 Å². The Bertz CT molecular complexity index is 912. The lowest BCUT2D eigenvalue weighted by Gasteiger charge is -2.45. The van der Waals surface area contributed by atoms with E-state index in [9.17, 15) is 5.11 Å². The van der Waals surface area contributed by atoms with Gasteiger partial charge in [-0.3, -0.25) is 0 Å². The molecule has 32 heavy (non-hydrogen) atoms. The summed E-state index contributed by atoms with van der Waals surface area (Å²) >= 11 is 6.30. The van der Waals surface area contributed by atoms with E-state index >= 15 is 0 Å². The van der Waals surface area contributed by atoms with E-state index in [0.717, 1.165) is 63.1 Å². The lowest BCUT2D eigenvalue weighted by molar-refractivity contribution is -0.0934. The summed E-state index contributed by atoms with van der Waals surface area (Å²) in [6, 6.07) is 17.3. The first-order valence-corrected chi connectivity index (χ1v) is 12.3. The Labute approximate surface area is 196 Å². The van der Waals surface area contributed by atoms with Crippen LogP contribution >= 0.6 is 11.6 Å². The zero-order valence-corrected chi connectivity index (χ0v) is 19.4. The van der Waals surface area contributed by atoms with Crippen LogP contribution in [0.5, 0.6) is 5.75 Å². The molecule has 1 saturated carbocycles. The van der Waals surface area contributed by atoms with Gasteiger partial charge in [-0.15, -0.1) is 0 Å². The summed E-state index contributed by atoms with van der Waals surface area (Å²) in [4.78, 5) is 2.49. The number of ether oxygens (including phenoxy) is 1. The minimum Gasteiger partial charge on any atom is -0.494 e. The van der Waals surface area contributed by atoms with Crippen molar-refractivity contribution < 1.29 is 9.84 Å². The normalized spacial score (nSPS) is 20.0. The van der Waals surface area contributed by atoms with Gasteiger partial charge in [-0.25, -0.2) is 0 Å². The van der Waals surface area contributed by atoms with Crippen molar-refractivity contribution in [3.63, 3.8) is 0 Å². The third-order valence-electron chi connectivity index (χ3n) is 7.35. The summed E-state index contributed by atoms with van der Waals surface area (Å²) in [5, 5.41) is 21.7. The van der Waals surface area contributed by atoms with Crippen LogP contribution in [0, 0.1) is 23.2 Å². The number of hydrogen-bond donors (Lipinski definition) is 1. The van der Waals surface area contributed by atoms with E-state index in [-0.39, 0.29) is 5.92 Å². The van der Waals surface area contributed by atoms with Crippen molar-refractivity contribution >= 4 is 11.6 Å². The van der Waals surface area contributed by atoms with E-state index < -0.39 is 5.60 Å². The van der Waals surface area contributed by atoms with Crippen molar-refractivity contribution in [2.45, 2.75) is 50.5 Å². The third-order valence-corrected chi connectivity index (χ3v) is 7.58. The topological polar surface area (TPSA) is 56.5 Å². The average Bonchev–Trinajstić information content (AvgIpc) is 3.38. The molecule has 1 atom stereocenters. The Hall–Kier alpha value is -2.06. The molecule has 170 valence electrons. The molecule has 0 amide bonds. The van der Waals surface area contributed by atoms with E-state index in [1.165, 1.54) is 12.8 Å². The predicted octanol–water partition coefficient (Wildman–Crippen LogP) is 5.77. The molecule has 1 heterocycles. The smallest absolute Gasteiger partial charge is 0.119 e. The maximum atomic E-state index is 12.1. The van der Waals surface area contributed by atoms with Crippen LogP contribution in [0.15, 0.2) is 48.5 Å². The van der Waals surface area contributed by atoms with Gasteiger partial charge in [0.1, 0.15) is 5.75 Å². The number of nitriles is 1. The second kappa shape index (κ2) is 10.7. The minimum atomic E-state index is -0.772. The number of rotatable bonds is 8. The van der Waals surface area contributed by atoms with Gasteiger partial charge in [0.25, 0.3) is 0 Å². The molecule has 0 radical (unpaired) electrons. The maximum absolute atomic E-state index is 12.1. The van der Waals surface area contributed by atoms with Gasteiger partial charge in [-0.05, 0) is 99.0 Å². The number of hydrogen-bond acceptors (Lipinski definition) is 4. The summed E-state index contributed by atoms with van der Waals surface area (Å²) in [7, 11) is 0. The molecule has 1 saturated heterocycles.